The summed E-state index contributed by atoms with van der Waals surface area (Å²) in [7, 11) is 0. The Kier molecular flexibility index (Phi) is 5.79. The molecule has 0 spiro atoms. The van der Waals surface area contributed by atoms with Gasteiger partial charge < -0.3 is 10.2 Å². The molecule has 1 aromatic heterocycles. The molecule has 1 aliphatic heterocycles. The van der Waals surface area contributed by atoms with E-state index in [2.05, 4.69) is 17.2 Å². The number of rotatable bonds is 3. The summed E-state index contributed by atoms with van der Waals surface area (Å²) >= 11 is 11.9. The Balaban J connectivity index is 1.75. The molecule has 1 saturated heterocycles. The summed E-state index contributed by atoms with van der Waals surface area (Å²) in [6, 6.07) is 7.94. The number of pyridine rings is 1. The van der Waals surface area contributed by atoms with Crippen molar-refractivity contribution in [3.8, 4) is 0 Å². The molecule has 1 unspecified atom stereocenters. The van der Waals surface area contributed by atoms with E-state index in [0.717, 1.165) is 25.9 Å². The number of carbonyl (C=O) groups is 2. The molecule has 1 N–H and O–H groups in total. The lowest BCUT2D eigenvalue weighted by Crippen LogP contribution is -2.39. The third-order valence-corrected chi connectivity index (χ3v) is 4.91. The number of piperidine rings is 1. The molecule has 1 aliphatic rings. The summed E-state index contributed by atoms with van der Waals surface area (Å²) in [5, 5.41) is 3.50. The second-order valence-electron chi connectivity index (χ2n) is 6.51. The quantitative estimate of drug-likeness (QED) is 0.836. The zero-order chi connectivity index (χ0) is 18.7. The van der Waals surface area contributed by atoms with Crippen molar-refractivity contribution in [2.24, 2.45) is 5.92 Å². The molecule has 1 aromatic carbocycles. The molecule has 7 heteroatoms. The van der Waals surface area contributed by atoms with Crippen molar-refractivity contribution in [2.45, 2.75) is 19.8 Å². The number of anilines is 1. The summed E-state index contributed by atoms with van der Waals surface area (Å²) in [6.45, 7) is 3.62. The lowest BCUT2D eigenvalue weighted by Gasteiger charge is -2.31. The lowest BCUT2D eigenvalue weighted by atomic mass is 9.99. The summed E-state index contributed by atoms with van der Waals surface area (Å²) in [4.78, 5) is 31.1. The Bertz CT molecular complexity index is 841. The van der Waals surface area contributed by atoms with Crippen molar-refractivity contribution in [2.75, 3.05) is 18.4 Å². The van der Waals surface area contributed by atoms with Gasteiger partial charge >= 0.3 is 0 Å². The van der Waals surface area contributed by atoms with E-state index in [1.54, 1.807) is 24.3 Å². The van der Waals surface area contributed by atoms with Crippen LogP contribution in [-0.2, 0) is 0 Å². The largest absolute Gasteiger partial charge is 0.338 e. The van der Waals surface area contributed by atoms with Crippen LogP contribution >= 0.6 is 23.2 Å². The first-order valence-corrected chi connectivity index (χ1v) is 9.21. The number of amides is 2. The Morgan fingerprint density at radius 1 is 1.23 bits per heavy atom. The number of nitrogens with one attached hydrogen (secondary N) is 1. The van der Waals surface area contributed by atoms with Gasteiger partial charge in [0.2, 0.25) is 0 Å². The third-order valence-electron chi connectivity index (χ3n) is 4.36. The average molecular weight is 392 g/mol. The number of hydrogen-bond acceptors (Lipinski definition) is 3. The molecular formula is C19H19Cl2N3O2. The maximum atomic E-state index is 12.7. The Morgan fingerprint density at radius 3 is 2.77 bits per heavy atom. The van der Waals surface area contributed by atoms with E-state index >= 15 is 0 Å². The highest BCUT2D eigenvalue weighted by molar-refractivity contribution is 6.36. The zero-order valence-electron chi connectivity index (χ0n) is 14.3. The topological polar surface area (TPSA) is 62.3 Å². The molecular weight excluding hydrogens is 373 g/mol. The predicted octanol–water partition coefficient (Wildman–Crippen LogP) is 4.51. The fraction of sp³-hybridized carbons (Fsp3) is 0.316. The molecule has 3 rings (SSSR count). The normalized spacial score (nSPS) is 17.0. The number of aromatic nitrogens is 1. The van der Waals surface area contributed by atoms with E-state index in [1.165, 1.54) is 12.3 Å². The highest BCUT2D eigenvalue weighted by Crippen LogP contribution is 2.26. The van der Waals surface area contributed by atoms with Crippen LogP contribution in [0.15, 0.2) is 36.5 Å². The van der Waals surface area contributed by atoms with Crippen LogP contribution in [0.3, 0.4) is 0 Å². The van der Waals surface area contributed by atoms with E-state index < -0.39 is 5.91 Å². The number of carbonyl (C=O) groups excluding carboxylic acids is 2. The van der Waals surface area contributed by atoms with Gasteiger partial charge in [-0.3, -0.25) is 14.6 Å². The molecule has 5 nitrogen and oxygen atoms in total. The van der Waals surface area contributed by atoms with Crippen LogP contribution in [0.5, 0.6) is 0 Å². The van der Waals surface area contributed by atoms with E-state index in [0.29, 0.717) is 27.2 Å². The minimum absolute atomic E-state index is 0.0717. The fourth-order valence-electron chi connectivity index (χ4n) is 3.02. The van der Waals surface area contributed by atoms with Gasteiger partial charge in [-0.25, -0.2) is 0 Å². The predicted molar refractivity (Wildman–Crippen MR) is 103 cm³/mol. The first kappa shape index (κ1) is 18.7. The van der Waals surface area contributed by atoms with Gasteiger partial charge in [-0.05, 0) is 49.1 Å². The van der Waals surface area contributed by atoms with Gasteiger partial charge in [0.15, 0.2) is 0 Å². The van der Waals surface area contributed by atoms with Gasteiger partial charge in [0.05, 0.1) is 10.7 Å². The molecule has 1 atom stereocenters. The summed E-state index contributed by atoms with van der Waals surface area (Å²) in [6.07, 6.45) is 3.61. The van der Waals surface area contributed by atoms with Crippen molar-refractivity contribution in [1.82, 2.24) is 9.88 Å². The first-order valence-electron chi connectivity index (χ1n) is 8.46. The fourth-order valence-corrected chi connectivity index (χ4v) is 3.48. The maximum absolute atomic E-state index is 12.7. The van der Waals surface area contributed by atoms with Gasteiger partial charge in [-0.1, -0.05) is 30.1 Å². The van der Waals surface area contributed by atoms with Crippen LogP contribution in [0, 0.1) is 5.92 Å². The van der Waals surface area contributed by atoms with Crippen molar-refractivity contribution in [3.63, 3.8) is 0 Å². The second kappa shape index (κ2) is 8.06. The third kappa shape index (κ3) is 4.34. The van der Waals surface area contributed by atoms with E-state index in [9.17, 15) is 9.59 Å². The van der Waals surface area contributed by atoms with Crippen LogP contribution < -0.4 is 5.32 Å². The van der Waals surface area contributed by atoms with Gasteiger partial charge in [0, 0.05) is 29.9 Å². The van der Waals surface area contributed by atoms with Crippen molar-refractivity contribution >= 4 is 40.7 Å². The number of benzene rings is 1. The Morgan fingerprint density at radius 2 is 2.04 bits per heavy atom. The Hall–Kier alpha value is -2.11. The van der Waals surface area contributed by atoms with E-state index in [1.807, 2.05) is 4.90 Å². The van der Waals surface area contributed by atoms with Crippen LogP contribution in [0.25, 0.3) is 0 Å². The van der Waals surface area contributed by atoms with Crippen molar-refractivity contribution < 1.29 is 9.59 Å². The van der Waals surface area contributed by atoms with E-state index in [4.69, 9.17) is 23.2 Å². The molecule has 26 heavy (non-hydrogen) atoms. The van der Waals surface area contributed by atoms with Gasteiger partial charge in [0.1, 0.15) is 5.69 Å². The van der Waals surface area contributed by atoms with Crippen molar-refractivity contribution in [1.29, 1.82) is 0 Å². The van der Waals surface area contributed by atoms with Gasteiger partial charge in [-0.15, -0.1) is 0 Å². The molecule has 0 radical (unpaired) electrons. The number of halogens is 2. The van der Waals surface area contributed by atoms with Gasteiger partial charge in [-0.2, -0.15) is 0 Å². The van der Waals surface area contributed by atoms with Crippen LogP contribution in [0.4, 0.5) is 5.69 Å². The van der Waals surface area contributed by atoms with E-state index in [-0.39, 0.29) is 11.6 Å². The standard InChI is InChI=1S/C19H19Cl2N3O2/c1-12-3-2-8-24(11-12)19(26)13-6-7-22-17(9-13)18(25)23-16-5-4-14(20)10-15(16)21/h4-7,9-10,12H,2-3,8,11H2,1H3,(H,23,25). The van der Waals surface area contributed by atoms with Gasteiger partial charge in [0.25, 0.3) is 11.8 Å². The second-order valence-corrected chi connectivity index (χ2v) is 7.35. The molecule has 2 heterocycles. The Labute approximate surface area is 162 Å². The molecule has 0 aliphatic carbocycles. The first-order chi connectivity index (χ1) is 12.4. The molecule has 0 bridgehead atoms. The molecule has 136 valence electrons. The zero-order valence-corrected chi connectivity index (χ0v) is 15.8. The average Bonchev–Trinajstić information content (AvgIpc) is 2.63. The van der Waals surface area contributed by atoms with Crippen LogP contribution in [-0.4, -0.2) is 34.8 Å². The molecule has 2 amide bonds. The van der Waals surface area contributed by atoms with Crippen LogP contribution in [0.2, 0.25) is 10.0 Å². The molecule has 1 fully saturated rings. The number of likely N-dealkylation sites (tertiary alicyclic amines) is 1. The minimum Gasteiger partial charge on any atom is -0.338 e. The number of hydrogen-bond donors (Lipinski definition) is 1. The van der Waals surface area contributed by atoms with Crippen LogP contribution in [0.1, 0.15) is 40.6 Å². The summed E-state index contributed by atoms with van der Waals surface area (Å²) < 4.78 is 0. The maximum Gasteiger partial charge on any atom is 0.274 e. The lowest BCUT2D eigenvalue weighted by molar-refractivity contribution is 0.0683. The molecule has 2 aromatic rings. The monoisotopic (exact) mass is 391 g/mol. The summed E-state index contributed by atoms with van der Waals surface area (Å²) in [5.74, 6) is -0.0160. The highest BCUT2D eigenvalue weighted by atomic mass is 35.5. The summed E-state index contributed by atoms with van der Waals surface area (Å²) in [5.41, 5.74) is 1.05. The van der Waals surface area contributed by atoms with Crippen molar-refractivity contribution in [3.05, 3.63) is 57.8 Å². The smallest absolute Gasteiger partial charge is 0.274 e. The molecule has 0 saturated carbocycles. The highest BCUT2D eigenvalue weighted by Gasteiger charge is 2.23. The SMILES string of the molecule is CC1CCCN(C(=O)c2ccnc(C(=O)Nc3ccc(Cl)cc3Cl)c2)C1. The number of nitrogens with zero attached hydrogens (tertiary/aromatic N) is 2. The minimum atomic E-state index is -0.434.